The third-order valence-electron chi connectivity index (χ3n) is 2.91. The number of carbonyl (C=O) groups is 1. The third-order valence-corrected chi connectivity index (χ3v) is 4.06. The summed E-state index contributed by atoms with van der Waals surface area (Å²) in [6, 6.07) is 5.59. The number of carboxylic acids is 1. The molecule has 0 radical (unpaired) electrons. The molecule has 0 aliphatic carbocycles. The first-order chi connectivity index (χ1) is 9.90. The Labute approximate surface area is 132 Å². The Morgan fingerprint density at radius 1 is 1.43 bits per heavy atom. The van der Waals surface area contributed by atoms with Gasteiger partial charge < -0.3 is 5.11 Å². The highest BCUT2D eigenvalue weighted by Gasteiger charge is 2.19. The maximum absolute atomic E-state index is 10.8. The lowest BCUT2D eigenvalue weighted by Crippen LogP contribution is -2.07. The van der Waals surface area contributed by atoms with Crippen LogP contribution in [-0.4, -0.2) is 31.6 Å². The van der Waals surface area contributed by atoms with Crippen LogP contribution in [-0.2, 0) is 4.79 Å². The molecule has 0 spiro atoms. The van der Waals surface area contributed by atoms with E-state index in [2.05, 4.69) is 10.2 Å². The Hall–Kier alpha value is -1.53. The minimum Gasteiger partial charge on any atom is -0.481 e. The molecule has 0 aliphatic heterocycles. The summed E-state index contributed by atoms with van der Waals surface area (Å²) in [5.41, 5.74) is 1.90. The molecule has 21 heavy (non-hydrogen) atoms. The summed E-state index contributed by atoms with van der Waals surface area (Å²) in [4.78, 5) is 10.8. The first-order valence-corrected chi connectivity index (χ1v) is 7.83. The predicted octanol–water partition coefficient (Wildman–Crippen LogP) is 3.53. The van der Waals surface area contributed by atoms with E-state index in [1.807, 2.05) is 43.5 Å². The van der Waals surface area contributed by atoms with Crippen molar-refractivity contribution in [3.05, 3.63) is 34.6 Å². The highest BCUT2D eigenvalue weighted by molar-refractivity contribution is 7.99. The number of aliphatic carboxylic acids is 1. The molecule has 0 unspecified atom stereocenters. The fraction of sp³-hybridized carbons (Fsp3) is 0.357. The smallest absolute Gasteiger partial charge is 0.313 e. The summed E-state index contributed by atoms with van der Waals surface area (Å²) >= 11 is 7.24. The van der Waals surface area contributed by atoms with Gasteiger partial charge in [-0.3, -0.25) is 9.36 Å². The van der Waals surface area contributed by atoms with Crippen molar-refractivity contribution in [2.24, 2.45) is 0 Å². The van der Waals surface area contributed by atoms with Crippen LogP contribution in [0.4, 0.5) is 0 Å². The van der Waals surface area contributed by atoms with E-state index < -0.39 is 5.97 Å². The molecule has 0 fully saturated rings. The fourth-order valence-electron chi connectivity index (χ4n) is 1.92. The number of nitrogens with zero attached hydrogens (tertiary/aromatic N) is 3. The molecule has 0 aliphatic rings. The number of benzene rings is 1. The normalized spacial score (nSPS) is 11.1. The number of thioether (sulfide) groups is 1. The largest absolute Gasteiger partial charge is 0.481 e. The van der Waals surface area contributed by atoms with Crippen molar-refractivity contribution in [2.45, 2.75) is 31.8 Å². The fourth-order valence-corrected chi connectivity index (χ4v) is 2.76. The van der Waals surface area contributed by atoms with Gasteiger partial charge in [-0.2, -0.15) is 0 Å². The van der Waals surface area contributed by atoms with Crippen LogP contribution in [0.3, 0.4) is 0 Å². The van der Waals surface area contributed by atoms with Crippen LogP contribution in [0.2, 0.25) is 5.02 Å². The van der Waals surface area contributed by atoms with Crippen LogP contribution in [0.1, 0.15) is 31.2 Å². The molecule has 7 heteroatoms. The highest BCUT2D eigenvalue weighted by Crippen LogP contribution is 2.29. The highest BCUT2D eigenvalue weighted by atomic mass is 35.5. The lowest BCUT2D eigenvalue weighted by atomic mass is 10.1. The van der Waals surface area contributed by atoms with Crippen LogP contribution in [0.25, 0.3) is 5.69 Å². The predicted molar refractivity (Wildman–Crippen MR) is 83.6 cm³/mol. The maximum atomic E-state index is 10.8. The summed E-state index contributed by atoms with van der Waals surface area (Å²) in [5.74, 6) is 0.00215. The number of halogens is 1. The lowest BCUT2D eigenvalue weighted by Gasteiger charge is -2.14. The first-order valence-electron chi connectivity index (χ1n) is 6.46. The molecule has 0 saturated heterocycles. The van der Waals surface area contributed by atoms with Gasteiger partial charge in [-0.05, 0) is 24.6 Å². The summed E-state index contributed by atoms with van der Waals surface area (Å²) < 4.78 is 1.89. The summed E-state index contributed by atoms with van der Waals surface area (Å²) in [6.45, 7) is 6.01. The number of rotatable bonds is 5. The van der Waals surface area contributed by atoms with Gasteiger partial charge in [0.15, 0.2) is 5.16 Å². The molecule has 112 valence electrons. The average molecular weight is 326 g/mol. The zero-order valence-electron chi connectivity index (χ0n) is 12.0. The Morgan fingerprint density at radius 3 is 2.76 bits per heavy atom. The van der Waals surface area contributed by atoms with E-state index in [4.69, 9.17) is 16.7 Å². The SMILES string of the molecule is Cc1ccc(Cl)cc1-n1c(SCC(=O)O)nnc1C(C)C. The van der Waals surface area contributed by atoms with Crippen LogP contribution < -0.4 is 0 Å². The van der Waals surface area contributed by atoms with E-state index in [9.17, 15) is 4.79 Å². The van der Waals surface area contributed by atoms with E-state index in [1.165, 1.54) is 0 Å². The second-order valence-corrected chi connectivity index (χ2v) is 6.32. The molecule has 0 amide bonds. The first kappa shape index (κ1) is 15.9. The van der Waals surface area contributed by atoms with Crippen molar-refractivity contribution < 1.29 is 9.90 Å². The minimum atomic E-state index is -0.886. The second-order valence-electron chi connectivity index (χ2n) is 4.94. The number of aryl methyl sites for hydroxylation is 1. The molecule has 2 aromatic rings. The van der Waals surface area contributed by atoms with Crippen LogP contribution in [0, 0.1) is 6.92 Å². The van der Waals surface area contributed by atoms with Crippen LogP contribution in [0.15, 0.2) is 23.4 Å². The number of carboxylic acid groups (broad SMARTS) is 1. The van der Waals surface area contributed by atoms with E-state index in [0.29, 0.717) is 10.2 Å². The Morgan fingerprint density at radius 2 is 2.14 bits per heavy atom. The zero-order valence-corrected chi connectivity index (χ0v) is 13.6. The Bertz CT molecular complexity index is 670. The van der Waals surface area contributed by atoms with Crippen molar-refractivity contribution >= 4 is 29.3 Å². The van der Waals surface area contributed by atoms with Crippen molar-refractivity contribution in [1.82, 2.24) is 14.8 Å². The molecule has 2 rings (SSSR count). The number of aromatic nitrogens is 3. The molecule has 1 aromatic heterocycles. The molecule has 5 nitrogen and oxygen atoms in total. The summed E-state index contributed by atoms with van der Waals surface area (Å²) in [5, 5.41) is 18.4. The molecule has 0 saturated carbocycles. The van der Waals surface area contributed by atoms with Gasteiger partial charge in [0.25, 0.3) is 0 Å². The van der Waals surface area contributed by atoms with Crippen molar-refractivity contribution in [3.8, 4) is 5.69 Å². The van der Waals surface area contributed by atoms with Gasteiger partial charge in [0.2, 0.25) is 0 Å². The monoisotopic (exact) mass is 325 g/mol. The molecule has 1 aromatic carbocycles. The minimum absolute atomic E-state index is 0.0597. The number of hydrogen-bond donors (Lipinski definition) is 1. The van der Waals surface area contributed by atoms with Gasteiger partial charge in [0.05, 0.1) is 11.4 Å². The molecular formula is C14H16ClN3O2S. The van der Waals surface area contributed by atoms with Crippen LogP contribution >= 0.6 is 23.4 Å². The van der Waals surface area contributed by atoms with Gasteiger partial charge in [-0.25, -0.2) is 0 Å². The molecule has 1 heterocycles. The Balaban J connectivity index is 2.55. The van der Waals surface area contributed by atoms with Crippen LogP contribution in [0.5, 0.6) is 0 Å². The average Bonchev–Trinajstić information content (AvgIpc) is 2.83. The molecule has 0 bridgehead atoms. The van der Waals surface area contributed by atoms with Gasteiger partial charge >= 0.3 is 5.97 Å². The number of hydrogen-bond acceptors (Lipinski definition) is 4. The quantitative estimate of drug-likeness (QED) is 0.852. The van der Waals surface area contributed by atoms with E-state index in [0.717, 1.165) is 28.8 Å². The Kier molecular flexibility index (Phi) is 4.90. The van der Waals surface area contributed by atoms with Crippen molar-refractivity contribution in [1.29, 1.82) is 0 Å². The third kappa shape index (κ3) is 3.57. The summed E-state index contributed by atoms with van der Waals surface area (Å²) in [7, 11) is 0. The van der Waals surface area contributed by atoms with E-state index in [1.54, 1.807) is 0 Å². The topological polar surface area (TPSA) is 68.0 Å². The second kappa shape index (κ2) is 6.49. The lowest BCUT2D eigenvalue weighted by molar-refractivity contribution is -0.133. The molecular weight excluding hydrogens is 310 g/mol. The van der Waals surface area contributed by atoms with Gasteiger partial charge in [0.1, 0.15) is 5.82 Å². The zero-order chi connectivity index (χ0) is 15.6. The molecule has 1 N–H and O–H groups in total. The van der Waals surface area contributed by atoms with Gasteiger partial charge in [0, 0.05) is 10.9 Å². The van der Waals surface area contributed by atoms with E-state index in [-0.39, 0.29) is 11.7 Å². The summed E-state index contributed by atoms with van der Waals surface area (Å²) in [6.07, 6.45) is 0. The standard InChI is InChI=1S/C14H16ClN3O2S/c1-8(2)13-16-17-14(21-7-12(19)20)18(13)11-6-10(15)5-4-9(11)3/h4-6,8H,7H2,1-3H3,(H,19,20). The molecule has 0 atom stereocenters. The van der Waals surface area contributed by atoms with Crippen molar-refractivity contribution in [2.75, 3.05) is 5.75 Å². The maximum Gasteiger partial charge on any atom is 0.313 e. The van der Waals surface area contributed by atoms with E-state index >= 15 is 0 Å². The van der Waals surface area contributed by atoms with Gasteiger partial charge in [-0.1, -0.05) is 43.3 Å². The van der Waals surface area contributed by atoms with Crippen molar-refractivity contribution in [3.63, 3.8) is 0 Å². The van der Waals surface area contributed by atoms with Gasteiger partial charge in [-0.15, -0.1) is 10.2 Å².